The molecule has 0 saturated heterocycles. The molecule has 0 bridgehead atoms. The Balaban J connectivity index is 2.09. The lowest BCUT2D eigenvalue weighted by Gasteiger charge is -2.06. The van der Waals surface area contributed by atoms with Crippen LogP contribution in [0, 0.1) is 0 Å². The van der Waals surface area contributed by atoms with E-state index in [2.05, 4.69) is 10.3 Å². The Kier molecular flexibility index (Phi) is 3.68. The molecular formula is C7H9F3N2S. The molecule has 0 amide bonds. The van der Waals surface area contributed by atoms with Crippen LogP contribution in [0.2, 0.25) is 0 Å². The van der Waals surface area contributed by atoms with Crippen molar-refractivity contribution in [1.29, 1.82) is 0 Å². The molecule has 0 radical (unpaired) electrons. The van der Waals surface area contributed by atoms with Crippen molar-refractivity contribution < 1.29 is 13.2 Å². The summed E-state index contributed by atoms with van der Waals surface area (Å²) in [6.07, 6.45) is -3.21. The molecule has 0 aromatic carbocycles. The molecule has 1 aromatic heterocycles. The van der Waals surface area contributed by atoms with Gasteiger partial charge in [-0.05, 0) is 0 Å². The Morgan fingerprint density at radius 3 is 2.77 bits per heavy atom. The Bertz CT molecular complexity index is 232. The van der Waals surface area contributed by atoms with Crippen LogP contribution in [0.4, 0.5) is 13.2 Å². The van der Waals surface area contributed by atoms with Gasteiger partial charge in [0.15, 0.2) is 0 Å². The Labute approximate surface area is 77.8 Å². The molecular weight excluding hydrogens is 201 g/mol. The number of hydrogen-bond donors (Lipinski definition) is 1. The van der Waals surface area contributed by atoms with Crippen LogP contribution in [-0.2, 0) is 6.54 Å². The van der Waals surface area contributed by atoms with Crippen molar-refractivity contribution in [1.82, 2.24) is 10.3 Å². The molecule has 1 N–H and O–H groups in total. The number of thiazole rings is 1. The van der Waals surface area contributed by atoms with Crippen LogP contribution >= 0.6 is 11.3 Å². The highest BCUT2D eigenvalue weighted by atomic mass is 32.1. The topological polar surface area (TPSA) is 24.9 Å². The zero-order valence-electron chi connectivity index (χ0n) is 6.77. The standard InChI is InChI=1S/C7H9F3N2S/c8-7(9,10)1-2-11-3-6-4-12-5-13-6/h4-5,11H,1-3H2. The van der Waals surface area contributed by atoms with Gasteiger partial charge in [-0.15, -0.1) is 11.3 Å². The van der Waals surface area contributed by atoms with Crippen molar-refractivity contribution >= 4 is 11.3 Å². The molecule has 0 atom stereocenters. The lowest BCUT2D eigenvalue weighted by atomic mass is 10.4. The number of alkyl halides is 3. The van der Waals surface area contributed by atoms with Crippen molar-refractivity contribution in [2.24, 2.45) is 0 Å². The minimum Gasteiger partial charge on any atom is -0.311 e. The smallest absolute Gasteiger partial charge is 0.311 e. The summed E-state index contributed by atoms with van der Waals surface area (Å²) in [7, 11) is 0. The average molecular weight is 210 g/mol. The van der Waals surface area contributed by atoms with Gasteiger partial charge < -0.3 is 5.32 Å². The van der Waals surface area contributed by atoms with Crippen molar-refractivity contribution in [3.63, 3.8) is 0 Å². The lowest BCUT2D eigenvalue weighted by molar-refractivity contribution is -0.133. The summed E-state index contributed by atoms with van der Waals surface area (Å²) in [6, 6.07) is 0. The van der Waals surface area contributed by atoms with E-state index in [9.17, 15) is 13.2 Å². The van der Waals surface area contributed by atoms with E-state index in [-0.39, 0.29) is 6.54 Å². The fraction of sp³-hybridized carbons (Fsp3) is 0.571. The van der Waals surface area contributed by atoms with Gasteiger partial charge in [-0.25, -0.2) is 0 Å². The maximum atomic E-state index is 11.7. The van der Waals surface area contributed by atoms with Gasteiger partial charge in [0, 0.05) is 24.2 Å². The first-order chi connectivity index (χ1) is 6.08. The molecule has 0 spiro atoms. The minimum absolute atomic E-state index is 0.0403. The molecule has 6 heteroatoms. The van der Waals surface area contributed by atoms with Gasteiger partial charge in [-0.2, -0.15) is 13.2 Å². The molecule has 13 heavy (non-hydrogen) atoms. The molecule has 0 aliphatic heterocycles. The second-order valence-corrected chi connectivity index (χ2v) is 3.48. The summed E-state index contributed by atoms with van der Waals surface area (Å²) in [5.41, 5.74) is 1.65. The maximum Gasteiger partial charge on any atom is 0.390 e. The molecule has 0 aliphatic carbocycles. The maximum absolute atomic E-state index is 11.7. The van der Waals surface area contributed by atoms with Crippen molar-refractivity contribution in [2.75, 3.05) is 6.54 Å². The van der Waals surface area contributed by atoms with Gasteiger partial charge in [-0.1, -0.05) is 0 Å². The molecule has 2 nitrogen and oxygen atoms in total. The number of hydrogen-bond acceptors (Lipinski definition) is 3. The lowest BCUT2D eigenvalue weighted by Crippen LogP contribution is -2.20. The summed E-state index contributed by atoms with van der Waals surface area (Å²) in [5.74, 6) is 0. The molecule has 1 rings (SSSR count). The zero-order chi connectivity index (χ0) is 9.73. The van der Waals surface area contributed by atoms with E-state index in [1.54, 1.807) is 11.7 Å². The van der Waals surface area contributed by atoms with E-state index >= 15 is 0 Å². The van der Waals surface area contributed by atoms with Crippen LogP contribution in [0.1, 0.15) is 11.3 Å². The number of nitrogens with zero attached hydrogens (tertiary/aromatic N) is 1. The van der Waals surface area contributed by atoms with E-state index < -0.39 is 12.6 Å². The average Bonchev–Trinajstić information content (AvgIpc) is 2.48. The third kappa shape index (κ3) is 4.84. The van der Waals surface area contributed by atoms with Crippen molar-refractivity contribution in [3.05, 3.63) is 16.6 Å². The van der Waals surface area contributed by atoms with Gasteiger partial charge in [0.05, 0.1) is 11.9 Å². The third-order valence-electron chi connectivity index (χ3n) is 1.37. The monoisotopic (exact) mass is 210 g/mol. The van der Waals surface area contributed by atoms with Crippen LogP contribution in [0.15, 0.2) is 11.7 Å². The molecule has 74 valence electrons. The van der Waals surface area contributed by atoms with E-state index in [0.717, 1.165) is 4.88 Å². The van der Waals surface area contributed by atoms with Crippen LogP contribution in [-0.4, -0.2) is 17.7 Å². The summed E-state index contributed by atoms with van der Waals surface area (Å²) in [5, 5.41) is 2.69. The summed E-state index contributed by atoms with van der Waals surface area (Å²) < 4.78 is 35.0. The highest BCUT2D eigenvalue weighted by Crippen LogP contribution is 2.18. The van der Waals surface area contributed by atoms with Gasteiger partial charge in [-0.3, -0.25) is 4.98 Å². The number of aromatic nitrogens is 1. The van der Waals surface area contributed by atoms with Crippen molar-refractivity contribution in [3.8, 4) is 0 Å². The van der Waals surface area contributed by atoms with E-state index in [1.165, 1.54) is 11.3 Å². The van der Waals surface area contributed by atoms with Crippen LogP contribution in [0.3, 0.4) is 0 Å². The molecule has 1 aromatic rings. The first-order valence-electron chi connectivity index (χ1n) is 3.73. The SMILES string of the molecule is FC(F)(F)CCNCc1cncs1. The Morgan fingerprint density at radius 2 is 2.23 bits per heavy atom. The quantitative estimate of drug-likeness (QED) is 0.770. The minimum atomic E-state index is -4.07. The predicted molar refractivity (Wildman–Crippen MR) is 44.5 cm³/mol. The normalized spacial score (nSPS) is 11.9. The van der Waals surface area contributed by atoms with Gasteiger partial charge in [0.2, 0.25) is 0 Å². The van der Waals surface area contributed by atoms with E-state index in [1.807, 2.05) is 0 Å². The highest BCUT2D eigenvalue weighted by Gasteiger charge is 2.25. The van der Waals surface area contributed by atoms with Crippen LogP contribution < -0.4 is 5.32 Å². The molecule has 0 unspecified atom stereocenters. The molecule has 0 saturated carbocycles. The summed E-state index contributed by atoms with van der Waals surface area (Å²) in [6.45, 7) is 0.419. The summed E-state index contributed by atoms with van der Waals surface area (Å²) in [4.78, 5) is 4.75. The predicted octanol–water partition coefficient (Wildman–Crippen LogP) is 2.19. The van der Waals surface area contributed by atoms with Gasteiger partial charge in [0.1, 0.15) is 0 Å². The molecule has 0 aliphatic rings. The second-order valence-electron chi connectivity index (χ2n) is 2.51. The van der Waals surface area contributed by atoms with Gasteiger partial charge >= 0.3 is 6.18 Å². The number of nitrogens with one attached hydrogen (secondary N) is 1. The third-order valence-corrected chi connectivity index (χ3v) is 2.15. The first-order valence-corrected chi connectivity index (χ1v) is 4.61. The number of rotatable bonds is 4. The zero-order valence-corrected chi connectivity index (χ0v) is 7.58. The van der Waals surface area contributed by atoms with E-state index in [0.29, 0.717) is 6.54 Å². The van der Waals surface area contributed by atoms with Crippen molar-refractivity contribution in [2.45, 2.75) is 19.1 Å². The highest BCUT2D eigenvalue weighted by molar-refractivity contribution is 7.09. The largest absolute Gasteiger partial charge is 0.390 e. The number of halogens is 3. The molecule has 0 fully saturated rings. The Hall–Kier alpha value is -0.620. The fourth-order valence-electron chi connectivity index (χ4n) is 0.771. The molecule has 1 heterocycles. The summed E-state index contributed by atoms with van der Waals surface area (Å²) >= 11 is 1.43. The first kappa shape index (κ1) is 10.5. The van der Waals surface area contributed by atoms with E-state index in [4.69, 9.17) is 0 Å². The van der Waals surface area contributed by atoms with Crippen LogP contribution in [0.25, 0.3) is 0 Å². The fourth-order valence-corrected chi connectivity index (χ4v) is 1.34. The van der Waals surface area contributed by atoms with Crippen LogP contribution in [0.5, 0.6) is 0 Å². The second kappa shape index (κ2) is 4.57. The Morgan fingerprint density at radius 1 is 1.46 bits per heavy atom. The van der Waals surface area contributed by atoms with Gasteiger partial charge in [0.25, 0.3) is 0 Å².